The minimum atomic E-state index is -0.585. The van der Waals surface area contributed by atoms with Crippen molar-refractivity contribution in [2.75, 3.05) is 7.11 Å². The first-order valence-corrected chi connectivity index (χ1v) is 4.33. The molecule has 0 amide bonds. The van der Waals surface area contributed by atoms with E-state index in [1.54, 1.807) is 7.11 Å². The van der Waals surface area contributed by atoms with Crippen molar-refractivity contribution in [2.45, 2.75) is 32.8 Å². The fraction of sp³-hybridized carbons (Fsp3) is 0.667. The highest BCUT2D eigenvalue weighted by Gasteiger charge is 2.26. The predicted octanol–water partition coefficient (Wildman–Crippen LogP) is 1.08. The van der Waals surface area contributed by atoms with Crippen molar-refractivity contribution in [2.24, 2.45) is 0 Å². The first-order chi connectivity index (χ1) is 6.45. The maximum atomic E-state index is 10.8. The van der Waals surface area contributed by atoms with Gasteiger partial charge in [0, 0.05) is 7.11 Å². The number of aromatic nitrogens is 2. The van der Waals surface area contributed by atoms with Crippen molar-refractivity contribution >= 4 is 5.78 Å². The van der Waals surface area contributed by atoms with Gasteiger partial charge in [0.05, 0.1) is 6.42 Å². The zero-order valence-electron chi connectivity index (χ0n) is 8.83. The van der Waals surface area contributed by atoms with Crippen LogP contribution in [-0.2, 0) is 21.6 Å². The minimum Gasteiger partial charge on any atom is -0.371 e. The highest BCUT2D eigenvalue weighted by Crippen LogP contribution is 2.20. The Balaban J connectivity index is 2.82. The van der Waals surface area contributed by atoms with Gasteiger partial charge in [0.2, 0.25) is 11.7 Å². The maximum Gasteiger partial charge on any atom is 0.234 e. The van der Waals surface area contributed by atoms with E-state index in [9.17, 15) is 4.79 Å². The van der Waals surface area contributed by atoms with Crippen LogP contribution < -0.4 is 0 Å². The normalized spacial score (nSPS) is 11.7. The molecule has 0 saturated carbocycles. The zero-order valence-corrected chi connectivity index (χ0v) is 8.83. The van der Waals surface area contributed by atoms with Crippen molar-refractivity contribution in [3.8, 4) is 0 Å². The zero-order chi connectivity index (χ0) is 10.8. The van der Waals surface area contributed by atoms with Crippen molar-refractivity contribution in [3.05, 3.63) is 11.7 Å². The molecule has 0 radical (unpaired) electrons. The highest BCUT2D eigenvalue weighted by molar-refractivity contribution is 5.77. The summed E-state index contributed by atoms with van der Waals surface area (Å²) in [7, 11) is 1.57. The van der Waals surface area contributed by atoms with Gasteiger partial charge in [-0.3, -0.25) is 4.79 Å². The van der Waals surface area contributed by atoms with Crippen molar-refractivity contribution < 1.29 is 14.1 Å². The molecule has 0 saturated heterocycles. The summed E-state index contributed by atoms with van der Waals surface area (Å²) in [6.45, 7) is 5.14. The Kier molecular flexibility index (Phi) is 3.00. The number of ether oxygens (including phenoxy) is 1. The molecule has 1 heterocycles. The van der Waals surface area contributed by atoms with E-state index in [1.165, 1.54) is 6.92 Å². The first-order valence-electron chi connectivity index (χ1n) is 4.33. The van der Waals surface area contributed by atoms with Gasteiger partial charge in [-0.2, -0.15) is 4.98 Å². The van der Waals surface area contributed by atoms with Crippen LogP contribution in [0.4, 0.5) is 0 Å². The predicted molar refractivity (Wildman–Crippen MR) is 48.7 cm³/mol. The molecule has 78 valence electrons. The van der Waals surface area contributed by atoms with Gasteiger partial charge in [0.25, 0.3) is 0 Å². The molecule has 0 unspecified atom stereocenters. The second-order valence-electron chi connectivity index (χ2n) is 3.60. The Morgan fingerprint density at radius 3 is 2.71 bits per heavy atom. The van der Waals surface area contributed by atoms with E-state index in [0.29, 0.717) is 11.7 Å². The summed E-state index contributed by atoms with van der Waals surface area (Å²) in [5.74, 6) is 0.782. The third-order valence-corrected chi connectivity index (χ3v) is 1.92. The first kappa shape index (κ1) is 10.8. The SMILES string of the molecule is COC(C)(C)c1noc(CC(C)=O)n1. The van der Waals surface area contributed by atoms with Gasteiger partial charge in [-0.25, -0.2) is 0 Å². The largest absolute Gasteiger partial charge is 0.371 e. The number of methoxy groups -OCH3 is 1. The Hall–Kier alpha value is -1.23. The summed E-state index contributed by atoms with van der Waals surface area (Å²) < 4.78 is 10.1. The molecule has 1 aromatic rings. The molecule has 14 heavy (non-hydrogen) atoms. The molecule has 0 bridgehead atoms. The summed E-state index contributed by atoms with van der Waals surface area (Å²) in [6, 6.07) is 0. The Labute approximate surface area is 82.4 Å². The van der Waals surface area contributed by atoms with Crippen LogP contribution in [0.1, 0.15) is 32.5 Å². The number of carbonyl (C=O) groups is 1. The molecule has 0 N–H and O–H groups in total. The van der Waals surface area contributed by atoms with E-state index < -0.39 is 5.60 Å². The number of ketones is 1. The molecule has 1 aromatic heterocycles. The molecule has 0 aliphatic carbocycles. The van der Waals surface area contributed by atoms with Crippen molar-refractivity contribution in [3.63, 3.8) is 0 Å². The van der Waals surface area contributed by atoms with Gasteiger partial charge in [-0.05, 0) is 20.8 Å². The summed E-state index contributed by atoms with van der Waals surface area (Å²) >= 11 is 0. The van der Waals surface area contributed by atoms with Crippen LogP contribution in [0.5, 0.6) is 0 Å². The van der Waals surface area contributed by atoms with Crippen molar-refractivity contribution in [1.29, 1.82) is 0 Å². The maximum absolute atomic E-state index is 10.8. The Morgan fingerprint density at radius 1 is 1.57 bits per heavy atom. The molecule has 0 aliphatic rings. The van der Waals surface area contributed by atoms with Crippen LogP contribution in [0.3, 0.4) is 0 Å². The summed E-state index contributed by atoms with van der Waals surface area (Å²) in [6.07, 6.45) is 0.173. The molecule has 1 rings (SSSR count). The summed E-state index contributed by atoms with van der Waals surface area (Å²) in [5.41, 5.74) is -0.585. The van der Waals surface area contributed by atoms with Gasteiger partial charge in [-0.15, -0.1) is 0 Å². The lowest BCUT2D eigenvalue weighted by Gasteiger charge is -2.17. The molecular weight excluding hydrogens is 184 g/mol. The second kappa shape index (κ2) is 3.88. The molecule has 0 atom stereocenters. The minimum absolute atomic E-state index is 0.00424. The Morgan fingerprint density at radius 2 is 2.21 bits per heavy atom. The molecule has 0 spiro atoms. The van der Waals surface area contributed by atoms with Crippen LogP contribution in [0.15, 0.2) is 4.52 Å². The fourth-order valence-corrected chi connectivity index (χ4v) is 0.875. The number of hydrogen-bond donors (Lipinski definition) is 0. The van der Waals surface area contributed by atoms with Gasteiger partial charge in [0.15, 0.2) is 0 Å². The van der Waals surface area contributed by atoms with E-state index >= 15 is 0 Å². The van der Waals surface area contributed by atoms with E-state index in [-0.39, 0.29) is 12.2 Å². The summed E-state index contributed by atoms with van der Waals surface area (Å²) in [4.78, 5) is 14.9. The average molecular weight is 198 g/mol. The molecule has 0 aliphatic heterocycles. The number of carbonyl (C=O) groups excluding carboxylic acids is 1. The molecular formula is C9H14N2O3. The van der Waals surface area contributed by atoms with E-state index in [4.69, 9.17) is 9.26 Å². The monoisotopic (exact) mass is 198 g/mol. The average Bonchev–Trinajstić information content (AvgIpc) is 2.52. The fourth-order valence-electron chi connectivity index (χ4n) is 0.875. The second-order valence-corrected chi connectivity index (χ2v) is 3.60. The number of nitrogens with zero attached hydrogens (tertiary/aromatic N) is 2. The van der Waals surface area contributed by atoms with Gasteiger partial charge < -0.3 is 9.26 Å². The van der Waals surface area contributed by atoms with Crippen LogP contribution in [0, 0.1) is 0 Å². The smallest absolute Gasteiger partial charge is 0.234 e. The third-order valence-electron chi connectivity index (χ3n) is 1.92. The summed E-state index contributed by atoms with van der Waals surface area (Å²) in [5, 5.41) is 3.75. The van der Waals surface area contributed by atoms with Crippen LogP contribution >= 0.6 is 0 Å². The molecule has 5 nitrogen and oxygen atoms in total. The van der Waals surface area contributed by atoms with Crippen LogP contribution in [0.2, 0.25) is 0 Å². The lowest BCUT2D eigenvalue weighted by molar-refractivity contribution is -0.116. The topological polar surface area (TPSA) is 65.2 Å². The number of hydrogen-bond acceptors (Lipinski definition) is 5. The third kappa shape index (κ3) is 2.38. The van der Waals surface area contributed by atoms with Gasteiger partial charge in [0.1, 0.15) is 11.4 Å². The van der Waals surface area contributed by atoms with Crippen molar-refractivity contribution in [1.82, 2.24) is 10.1 Å². The standard InChI is InChI=1S/C9H14N2O3/c1-6(12)5-7-10-8(11-14-7)9(2,3)13-4/h5H2,1-4H3. The quantitative estimate of drug-likeness (QED) is 0.724. The number of Topliss-reactive ketones (excluding diaryl/α,β-unsaturated/α-hetero) is 1. The lowest BCUT2D eigenvalue weighted by atomic mass is 10.1. The molecule has 0 fully saturated rings. The van der Waals surface area contributed by atoms with E-state index in [1.807, 2.05) is 13.8 Å². The Bertz CT molecular complexity index is 331. The highest BCUT2D eigenvalue weighted by atomic mass is 16.5. The molecule has 5 heteroatoms. The van der Waals surface area contributed by atoms with E-state index in [2.05, 4.69) is 10.1 Å². The van der Waals surface area contributed by atoms with Gasteiger partial charge in [-0.1, -0.05) is 5.16 Å². The van der Waals surface area contributed by atoms with Gasteiger partial charge >= 0.3 is 0 Å². The van der Waals surface area contributed by atoms with E-state index in [0.717, 1.165) is 0 Å². The number of rotatable bonds is 4. The van der Waals surface area contributed by atoms with Crippen LogP contribution in [-0.4, -0.2) is 23.0 Å². The molecule has 0 aromatic carbocycles. The van der Waals surface area contributed by atoms with Crippen LogP contribution in [0.25, 0.3) is 0 Å². The lowest BCUT2D eigenvalue weighted by Crippen LogP contribution is -2.21.